The maximum absolute atomic E-state index is 8.01. The molecule has 14 heteroatoms. The molecule has 214 valence electrons. The minimum Gasteiger partial charge on any atom is -0.770 e. The smallest absolute Gasteiger partial charge is 0.167 e. The molecule has 0 spiro atoms. The molecule has 4 heterocycles. The number of pyridine rings is 4. The molecule has 0 aliphatic heterocycles. The number of H-pyrrole nitrogens is 4. The molecule has 0 saturated carbocycles. The molecule has 0 aromatic carbocycles. The van der Waals surface area contributed by atoms with Gasteiger partial charge in [-0.25, -0.2) is 19.9 Å². The van der Waals surface area contributed by atoms with Crippen molar-refractivity contribution in [1.29, 1.82) is 26.3 Å². The average molecular weight is 703 g/mol. The first-order valence-electron chi connectivity index (χ1n) is 11.7. The monoisotopic (exact) mass is 701 g/mol. The summed E-state index contributed by atoms with van der Waals surface area (Å²) in [5.74, 6) is 0. The van der Waals surface area contributed by atoms with E-state index in [0.717, 1.165) is 0 Å². The van der Waals surface area contributed by atoms with E-state index in [-0.39, 0.29) is 39.1 Å². The Labute approximate surface area is 291 Å². The van der Waals surface area contributed by atoms with Crippen molar-refractivity contribution >= 4 is 50.5 Å². The van der Waals surface area contributed by atoms with E-state index in [1.165, 1.54) is 29.2 Å². The number of hydrogen-bond acceptors (Lipinski definition) is 9. The summed E-state index contributed by atoms with van der Waals surface area (Å²) < 4.78 is 0. The molecule has 0 fully saturated rings. The number of aromatic nitrogens is 4. The maximum Gasteiger partial charge on any atom is 0.167 e. The zero-order chi connectivity index (χ0) is 32.3. The fourth-order valence-corrected chi connectivity index (χ4v) is 2.70. The molecule has 0 amide bonds. The van der Waals surface area contributed by atoms with Crippen molar-refractivity contribution < 1.29 is 39.4 Å². The molecule has 0 bridgehead atoms. The van der Waals surface area contributed by atoms with Crippen LogP contribution in [0.15, 0.2) is 118 Å². The third-order valence-corrected chi connectivity index (χ3v) is 5.80. The van der Waals surface area contributed by atoms with Crippen molar-refractivity contribution in [3.8, 4) is 52.6 Å². The number of nitrogens with one attached hydrogen (secondary N) is 4. The van der Waals surface area contributed by atoms with Crippen LogP contribution in [0.1, 0.15) is 6.92 Å². The van der Waals surface area contributed by atoms with E-state index in [0.29, 0.717) is 0 Å². The van der Waals surface area contributed by atoms with Gasteiger partial charge in [0.25, 0.3) is 0 Å². The van der Waals surface area contributed by atoms with Crippen LogP contribution in [0.3, 0.4) is 0 Å². The Hall–Kier alpha value is -4.97. The van der Waals surface area contributed by atoms with Crippen LogP contribution >= 0.6 is 0 Å². The van der Waals surface area contributed by atoms with Gasteiger partial charge in [-0.1, -0.05) is 0 Å². The summed E-state index contributed by atoms with van der Waals surface area (Å²) >= 11 is 17.4. The number of nitrogens with zero attached hydrogens (tertiary/aromatic N) is 5. The Balaban J connectivity index is 0. The molecule has 0 radical (unpaired) electrons. The van der Waals surface area contributed by atoms with Gasteiger partial charge in [0.1, 0.15) is 0 Å². The molecule has 0 unspecified atom stereocenters. The average Bonchev–Trinajstić information content (AvgIpc) is 3.09. The zero-order valence-electron chi connectivity index (χ0n) is 23.3. The summed E-state index contributed by atoms with van der Waals surface area (Å²) in [6.45, 7) is 1.43. The van der Waals surface area contributed by atoms with Crippen LogP contribution in [-0.4, -0.2) is 0 Å². The van der Waals surface area contributed by atoms with E-state index in [2.05, 4.69) is 119 Å². The van der Waals surface area contributed by atoms with Gasteiger partial charge in [-0.3, -0.25) is 0 Å². The number of nitriles is 5. The van der Waals surface area contributed by atoms with Crippen LogP contribution in [-0.2, 0) is 70.0 Å². The van der Waals surface area contributed by atoms with Gasteiger partial charge in [-0.15, -0.1) is 19.6 Å². The second kappa shape index (κ2) is 26.9. The van der Waals surface area contributed by atoms with E-state index in [4.69, 9.17) is 26.3 Å². The summed E-state index contributed by atoms with van der Waals surface area (Å²) in [5.41, 5.74) is 4.90. The van der Waals surface area contributed by atoms with Crippen LogP contribution in [0.4, 0.5) is 0 Å². The van der Waals surface area contributed by atoms with Gasteiger partial charge in [-0.05, 0) is 22.3 Å². The predicted octanol–water partition coefficient (Wildman–Crippen LogP) is 3.17. The van der Waals surface area contributed by atoms with E-state index >= 15 is 0 Å². The van der Waals surface area contributed by atoms with Gasteiger partial charge in [0, 0.05) is 74.9 Å². The van der Waals surface area contributed by atoms with Crippen molar-refractivity contribution in [2.24, 2.45) is 0 Å². The second-order valence-corrected chi connectivity index (χ2v) is 8.78. The summed E-state index contributed by atoms with van der Waals surface area (Å²) in [5, 5.41) is 39.3. The van der Waals surface area contributed by atoms with E-state index in [1.807, 2.05) is 49.6 Å². The van der Waals surface area contributed by atoms with Gasteiger partial charge >= 0.3 is 0 Å². The van der Waals surface area contributed by atoms with Crippen LogP contribution < -0.4 is 19.9 Å². The van der Waals surface area contributed by atoms with Gasteiger partial charge in [0.15, 0.2) is 49.6 Å². The molecular weight excluding hydrogens is 680 g/mol. The van der Waals surface area contributed by atoms with Crippen LogP contribution in [0.2, 0.25) is 0 Å². The standard InChI is InChI=1S/2C10H8N2.2C4H2N2S2.C2H3N.Zn/c2*1-5-11-6-2-9(1)10-3-7-12-8-4-10;2*5-1-3(7)4(8)2-6;1-2-3;/h2*1-8H;2*7-8H;1H3;/b;;2*4-3-;;. The van der Waals surface area contributed by atoms with Crippen LogP contribution in [0.5, 0.6) is 0 Å². The van der Waals surface area contributed by atoms with Crippen molar-refractivity contribution in [1.82, 2.24) is 0 Å². The molecular formula is C30H23N9S4Zn. The fraction of sp³-hybridized carbons (Fsp3) is 0.0333. The summed E-state index contributed by atoms with van der Waals surface area (Å²) in [7, 11) is 0. The SMILES string of the molecule is CC#N.N#C/C([S-])=C(/[S-])C#N.N#C/C([S-])=C(/[S-])C#N.[Zn].c1cc(-c2cc[nH+]cc2)cc[nH+]1.c1cc(-c2cc[nH+]cc2)cc[nH+]1. The first-order chi connectivity index (χ1) is 20.8. The fourth-order valence-electron chi connectivity index (χ4n) is 2.52. The van der Waals surface area contributed by atoms with Gasteiger partial charge < -0.3 is 50.5 Å². The Bertz CT molecular complexity index is 1410. The largest absolute Gasteiger partial charge is 0.770 e. The van der Waals surface area contributed by atoms with Crippen molar-refractivity contribution in [2.75, 3.05) is 0 Å². The van der Waals surface area contributed by atoms with Gasteiger partial charge in [0.05, 0.1) is 30.3 Å². The first kappa shape index (κ1) is 41.2. The van der Waals surface area contributed by atoms with Gasteiger partial charge in [-0.2, -0.15) is 26.3 Å². The van der Waals surface area contributed by atoms with Crippen molar-refractivity contribution in [3.05, 3.63) is 118 Å². The molecule has 44 heavy (non-hydrogen) atoms. The minimum absolute atomic E-state index is 0. The zero-order valence-corrected chi connectivity index (χ0v) is 29.5. The molecule has 0 saturated heterocycles. The predicted molar refractivity (Wildman–Crippen MR) is 167 cm³/mol. The maximum atomic E-state index is 8.01. The summed E-state index contributed by atoms with van der Waals surface area (Å²) in [6, 6.07) is 24.5. The Morgan fingerprint density at radius 1 is 0.432 bits per heavy atom. The molecule has 4 N–H and O–H groups in total. The minimum atomic E-state index is -0.109. The van der Waals surface area contributed by atoms with E-state index in [9.17, 15) is 0 Å². The second-order valence-electron chi connectivity index (χ2n) is 7.14. The number of rotatable bonds is 2. The quantitative estimate of drug-likeness (QED) is 0.173. The molecule has 0 aliphatic rings. The summed E-state index contributed by atoms with van der Waals surface area (Å²) in [6.07, 6.45) is 15.4. The Morgan fingerprint density at radius 2 is 0.568 bits per heavy atom. The van der Waals surface area contributed by atoms with E-state index in [1.54, 1.807) is 30.3 Å². The van der Waals surface area contributed by atoms with E-state index < -0.39 is 0 Å². The first-order valence-corrected chi connectivity index (χ1v) is 13.4. The Morgan fingerprint density at radius 3 is 0.682 bits per heavy atom. The number of hydrogen-bond donors (Lipinski definition) is 0. The molecule has 0 atom stereocenters. The number of aromatic amines is 4. The van der Waals surface area contributed by atoms with Crippen LogP contribution in [0.25, 0.3) is 22.3 Å². The normalized spacial score (nSPS) is 9.36. The third kappa shape index (κ3) is 18.5. The summed E-state index contributed by atoms with van der Waals surface area (Å²) in [4.78, 5) is 11.5. The van der Waals surface area contributed by atoms with Crippen molar-refractivity contribution in [3.63, 3.8) is 0 Å². The van der Waals surface area contributed by atoms with Gasteiger partial charge in [0.2, 0.25) is 0 Å². The molecule has 4 rings (SSSR count). The molecule has 4 aromatic heterocycles. The molecule has 9 nitrogen and oxygen atoms in total. The third-order valence-electron chi connectivity index (χ3n) is 4.36. The van der Waals surface area contributed by atoms with Crippen LogP contribution in [0, 0.1) is 56.7 Å². The van der Waals surface area contributed by atoms with Crippen molar-refractivity contribution in [2.45, 2.75) is 6.92 Å². The number of allylic oxidation sites excluding steroid dienone is 4. The topological polar surface area (TPSA) is 176 Å². The molecule has 0 aliphatic carbocycles. The molecule has 4 aromatic rings. The Kier molecular flexibility index (Phi) is 25.2.